The van der Waals surface area contributed by atoms with Crippen LogP contribution in [0.3, 0.4) is 0 Å². The van der Waals surface area contributed by atoms with Gasteiger partial charge in [0.1, 0.15) is 0 Å². The number of hydrogen-bond donors (Lipinski definition) is 0. The number of hydrogen-bond acceptors (Lipinski definition) is 3. The Labute approximate surface area is 119 Å². The highest BCUT2D eigenvalue weighted by Crippen LogP contribution is 2.30. The molecular formula is C15H11F3N2O. The van der Waals surface area contributed by atoms with E-state index in [4.69, 9.17) is 0 Å². The SMILES string of the molecule is CC(=O)c1cccc(N=Nc2ccc(C(F)(F)F)cc2)c1. The van der Waals surface area contributed by atoms with Crippen molar-refractivity contribution < 1.29 is 18.0 Å². The van der Waals surface area contributed by atoms with Crippen molar-refractivity contribution in [2.24, 2.45) is 10.2 Å². The molecule has 0 radical (unpaired) electrons. The molecule has 0 fully saturated rings. The van der Waals surface area contributed by atoms with E-state index in [1.165, 1.54) is 19.1 Å². The van der Waals surface area contributed by atoms with Crippen LogP contribution in [-0.2, 0) is 6.18 Å². The Morgan fingerprint density at radius 1 is 0.952 bits per heavy atom. The summed E-state index contributed by atoms with van der Waals surface area (Å²) in [5.74, 6) is -0.0958. The molecule has 2 aromatic carbocycles. The Hall–Kier alpha value is -2.50. The molecule has 0 bridgehead atoms. The van der Waals surface area contributed by atoms with Crippen molar-refractivity contribution in [2.45, 2.75) is 13.1 Å². The summed E-state index contributed by atoms with van der Waals surface area (Å²) < 4.78 is 37.2. The number of rotatable bonds is 3. The smallest absolute Gasteiger partial charge is 0.295 e. The first-order chi connectivity index (χ1) is 9.86. The molecule has 0 saturated heterocycles. The monoisotopic (exact) mass is 292 g/mol. The third-order valence-corrected chi connectivity index (χ3v) is 2.73. The number of alkyl halides is 3. The average Bonchev–Trinajstić information content (AvgIpc) is 2.45. The molecule has 0 amide bonds. The molecule has 0 saturated carbocycles. The first kappa shape index (κ1) is 14.9. The summed E-state index contributed by atoms with van der Waals surface area (Å²) in [6.07, 6.45) is -4.37. The number of benzene rings is 2. The van der Waals surface area contributed by atoms with Crippen LogP contribution >= 0.6 is 0 Å². The highest BCUT2D eigenvalue weighted by Gasteiger charge is 2.29. The second kappa shape index (κ2) is 5.87. The number of halogens is 3. The van der Waals surface area contributed by atoms with E-state index >= 15 is 0 Å². The van der Waals surface area contributed by atoms with Crippen LogP contribution in [0.25, 0.3) is 0 Å². The molecule has 3 nitrogen and oxygen atoms in total. The maximum absolute atomic E-state index is 12.4. The van der Waals surface area contributed by atoms with Gasteiger partial charge in [0, 0.05) is 5.56 Å². The van der Waals surface area contributed by atoms with Gasteiger partial charge in [0.25, 0.3) is 0 Å². The van der Waals surface area contributed by atoms with Crippen molar-refractivity contribution >= 4 is 17.2 Å². The Morgan fingerprint density at radius 2 is 1.57 bits per heavy atom. The Balaban J connectivity index is 2.18. The van der Waals surface area contributed by atoms with Gasteiger partial charge in [-0.1, -0.05) is 12.1 Å². The maximum atomic E-state index is 12.4. The van der Waals surface area contributed by atoms with Crippen LogP contribution in [0.4, 0.5) is 24.5 Å². The highest BCUT2D eigenvalue weighted by atomic mass is 19.4. The minimum atomic E-state index is -4.37. The summed E-state index contributed by atoms with van der Waals surface area (Å²) in [5, 5.41) is 7.75. The van der Waals surface area contributed by atoms with Crippen molar-refractivity contribution in [2.75, 3.05) is 0 Å². The summed E-state index contributed by atoms with van der Waals surface area (Å²) in [4.78, 5) is 11.2. The number of carbonyl (C=O) groups excluding carboxylic acids is 1. The van der Waals surface area contributed by atoms with Gasteiger partial charge in [-0.25, -0.2) is 0 Å². The van der Waals surface area contributed by atoms with Crippen LogP contribution in [0, 0.1) is 0 Å². The largest absolute Gasteiger partial charge is 0.416 e. The van der Waals surface area contributed by atoms with Gasteiger partial charge in [0.05, 0.1) is 16.9 Å². The van der Waals surface area contributed by atoms with E-state index in [2.05, 4.69) is 10.2 Å². The molecule has 0 aliphatic carbocycles. The maximum Gasteiger partial charge on any atom is 0.416 e. The van der Waals surface area contributed by atoms with Gasteiger partial charge < -0.3 is 0 Å². The van der Waals surface area contributed by atoms with Crippen molar-refractivity contribution in [1.29, 1.82) is 0 Å². The van der Waals surface area contributed by atoms with Gasteiger partial charge in [0.2, 0.25) is 0 Å². The lowest BCUT2D eigenvalue weighted by Crippen LogP contribution is -2.03. The molecule has 0 aromatic heterocycles. The van der Waals surface area contributed by atoms with Crippen LogP contribution in [0.2, 0.25) is 0 Å². The van der Waals surface area contributed by atoms with Gasteiger partial charge in [-0.05, 0) is 43.3 Å². The molecule has 0 aliphatic rings. The van der Waals surface area contributed by atoms with E-state index in [1.54, 1.807) is 24.3 Å². The summed E-state index contributed by atoms with van der Waals surface area (Å²) in [7, 11) is 0. The fourth-order valence-electron chi connectivity index (χ4n) is 1.62. The summed E-state index contributed by atoms with van der Waals surface area (Å²) >= 11 is 0. The number of azo groups is 1. The predicted octanol–water partition coefficient (Wildman–Crippen LogP) is 5.32. The molecule has 21 heavy (non-hydrogen) atoms. The van der Waals surface area contributed by atoms with E-state index in [1.807, 2.05) is 0 Å². The van der Waals surface area contributed by atoms with Crippen LogP contribution in [0.1, 0.15) is 22.8 Å². The quantitative estimate of drug-likeness (QED) is 0.557. The molecule has 0 aliphatic heterocycles. The minimum Gasteiger partial charge on any atom is -0.295 e. The molecule has 0 atom stereocenters. The molecule has 0 spiro atoms. The molecule has 0 N–H and O–H groups in total. The topological polar surface area (TPSA) is 41.8 Å². The minimum absolute atomic E-state index is 0.0958. The molecule has 2 rings (SSSR count). The lowest BCUT2D eigenvalue weighted by molar-refractivity contribution is -0.137. The fraction of sp³-hybridized carbons (Fsp3) is 0.133. The van der Waals surface area contributed by atoms with Crippen LogP contribution in [0.5, 0.6) is 0 Å². The molecule has 108 valence electrons. The van der Waals surface area contributed by atoms with Crippen molar-refractivity contribution in [1.82, 2.24) is 0 Å². The zero-order chi connectivity index (χ0) is 15.5. The van der Waals surface area contributed by atoms with Gasteiger partial charge in [-0.15, -0.1) is 0 Å². The Kier molecular flexibility index (Phi) is 4.16. The van der Waals surface area contributed by atoms with Gasteiger partial charge in [-0.3, -0.25) is 4.79 Å². The summed E-state index contributed by atoms with van der Waals surface area (Å²) in [6.45, 7) is 1.44. The van der Waals surface area contributed by atoms with Gasteiger partial charge >= 0.3 is 6.18 Å². The third kappa shape index (κ3) is 3.98. The van der Waals surface area contributed by atoms with Crippen molar-refractivity contribution in [3.05, 3.63) is 59.7 Å². The first-order valence-corrected chi connectivity index (χ1v) is 6.06. The third-order valence-electron chi connectivity index (χ3n) is 2.73. The van der Waals surface area contributed by atoms with Crippen LogP contribution in [-0.4, -0.2) is 5.78 Å². The van der Waals surface area contributed by atoms with E-state index in [0.717, 1.165) is 12.1 Å². The van der Waals surface area contributed by atoms with Gasteiger partial charge in [-0.2, -0.15) is 23.4 Å². The molecule has 0 heterocycles. The summed E-state index contributed by atoms with van der Waals surface area (Å²) in [6, 6.07) is 10.9. The van der Waals surface area contributed by atoms with Crippen molar-refractivity contribution in [3.63, 3.8) is 0 Å². The summed E-state index contributed by atoms with van der Waals surface area (Å²) in [5.41, 5.74) is 0.526. The highest BCUT2D eigenvalue weighted by molar-refractivity contribution is 5.94. The second-order valence-electron chi connectivity index (χ2n) is 4.35. The molecule has 2 aromatic rings. The Bertz CT molecular complexity index is 676. The molecular weight excluding hydrogens is 281 g/mol. The normalized spacial score (nSPS) is 11.8. The number of nitrogens with zero attached hydrogens (tertiary/aromatic N) is 2. The number of carbonyl (C=O) groups is 1. The van der Waals surface area contributed by atoms with Crippen LogP contribution < -0.4 is 0 Å². The zero-order valence-electron chi connectivity index (χ0n) is 11.1. The molecule has 0 unspecified atom stereocenters. The standard InChI is InChI=1S/C15H11F3N2O/c1-10(21)11-3-2-4-14(9-11)20-19-13-7-5-12(6-8-13)15(16,17)18/h2-9H,1H3. The van der Waals surface area contributed by atoms with E-state index in [0.29, 0.717) is 16.9 Å². The van der Waals surface area contributed by atoms with E-state index in [-0.39, 0.29) is 5.78 Å². The number of Topliss-reactive ketones (excluding diaryl/α,β-unsaturated/α-hetero) is 1. The zero-order valence-corrected chi connectivity index (χ0v) is 11.1. The number of ketones is 1. The van der Waals surface area contributed by atoms with E-state index < -0.39 is 11.7 Å². The lowest BCUT2D eigenvalue weighted by Gasteiger charge is -2.05. The van der Waals surface area contributed by atoms with Gasteiger partial charge in [0.15, 0.2) is 5.78 Å². The lowest BCUT2D eigenvalue weighted by atomic mass is 10.1. The van der Waals surface area contributed by atoms with Crippen LogP contribution in [0.15, 0.2) is 58.8 Å². The molecule has 6 heteroatoms. The average molecular weight is 292 g/mol. The fourth-order valence-corrected chi connectivity index (χ4v) is 1.62. The van der Waals surface area contributed by atoms with Crippen molar-refractivity contribution in [3.8, 4) is 0 Å². The second-order valence-corrected chi connectivity index (χ2v) is 4.35. The first-order valence-electron chi connectivity index (χ1n) is 6.06. The predicted molar refractivity (Wildman–Crippen MR) is 72.1 cm³/mol. The Morgan fingerprint density at radius 3 is 2.14 bits per heavy atom. The van der Waals surface area contributed by atoms with E-state index in [9.17, 15) is 18.0 Å².